The molecule has 0 spiro atoms. The molecule has 3 rings (SSSR count). The van der Waals surface area contributed by atoms with Crippen molar-refractivity contribution >= 4 is 16.9 Å². The Labute approximate surface area is 107 Å². The van der Waals surface area contributed by atoms with Crippen molar-refractivity contribution < 1.29 is 14.3 Å². The number of fused-ring (bicyclic) bond motifs is 1. The maximum atomic E-state index is 11.1. The van der Waals surface area contributed by atoms with Crippen LogP contribution in [0.25, 0.3) is 22.4 Å². The van der Waals surface area contributed by atoms with Gasteiger partial charge in [0.25, 0.3) is 0 Å². The molecule has 1 N–H and O–H groups in total. The van der Waals surface area contributed by atoms with Crippen LogP contribution >= 0.6 is 0 Å². The van der Waals surface area contributed by atoms with Gasteiger partial charge in [0.2, 0.25) is 5.76 Å². The van der Waals surface area contributed by atoms with Crippen LogP contribution in [0, 0.1) is 6.92 Å². The molecule has 0 aliphatic heterocycles. The SMILES string of the molecule is Cc1nc(-c2ncc3ccccc3n2)c(C(=O)O)o1. The number of aryl methyl sites for hydroxylation is 1. The third kappa shape index (κ3) is 1.93. The smallest absolute Gasteiger partial charge is 0.374 e. The largest absolute Gasteiger partial charge is 0.475 e. The Balaban J connectivity index is 2.21. The molecule has 2 aromatic heterocycles. The van der Waals surface area contributed by atoms with Crippen LogP contribution in [0.3, 0.4) is 0 Å². The summed E-state index contributed by atoms with van der Waals surface area (Å²) in [4.78, 5) is 23.6. The number of benzene rings is 1. The highest BCUT2D eigenvalue weighted by molar-refractivity contribution is 5.91. The molecule has 0 aliphatic rings. The first-order valence-corrected chi connectivity index (χ1v) is 5.58. The van der Waals surface area contributed by atoms with E-state index in [0.29, 0.717) is 0 Å². The van der Waals surface area contributed by atoms with E-state index in [-0.39, 0.29) is 23.2 Å². The van der Waals surface area contributed by atoms with E-state index in [0.717, 1.165) is 10.9 Å². The molecule has 0 radical (unpaired) electrons. The van der Waals surface area contributed by atoms with Gasteiger partial charge in [-0.05, 0) is 6.07 Å². The summed E-state index contributed by atoms with van der Waals surface area (Å²) in [7, 11) is 0. The number of carboxylic acid groups (broad SMARTS) is 1. The summed E-state index contributed by atoms with van der Waals surface area (Å²) in [5.41, 5.74) is 0.875. The van der Waals surface area contributed by atoms with Crippen LogP contribution in [0.1, 0.15) is 16.4 Å². The van der Waals surface area contributed by atoms with Crippen LogP contribution in [0.2, 0.25) is 0 Å². The second-order valence-electron chi connectivity index (χ2n) is 3.97. The summed E-state index contributed by atoms with van der Waals surface area (Å²) >= 11 is 0. The highest BCUT2D eigenvalue weighted by atomic mass is 16.4. The molecule has 0 aliphatic carbocycles. The molecule has 19 heavy (non-hydrogen) atoms. The molecule has 1 aromatic carbocycles. The van der Waals surface area contributed by atoms with Gasteiger partial charge >= 0.3 is 5.97 Å². The van der Waals surface area contributed by atoms with E-state index in [9.17, 15) is 4.79 Å². The van der Waals surface area contributed by atoms with Crippen molar-refractivity contribution in [3.8, 4) is 11.5 Å². The lowest BCUT2D eigenvalue weighted by atomic mass is 10.2. The molecular weight excluding hydrogens is 246 g/mol. The van der Waals surface area contributed by atoms with E-state index in [2.05, 4.69) is 15.0 Å². The Morgan fingerprint density at radius 1 is 1.26 bits per heavy atom. The van der Waals surface area contributed by atoms with Gasteiger partial charge in [-0.2, -0.15) is 0 Å². The summed E-state index contributed by atoms with van der Waals surface area (Å²) in [6.07, 6.45) is 1.63. The molecule has 0 bridgehead atoms. The van der Waals surface area contributed by atoms with E-state index in [1.165, 1.54) is 0 Å². The van der Waals surface area contributed by atoms with E-state index in [1.54, 1.807) is 13.1 Å². The number of para-hydroxylation sites is 1. The lowest BCUT2D eigenvalue weighted by molar-refractivity contribution is 0.0662. The molecule has 2 heterocycles. The van der Waals surface area contributed by atoms with Gasteiger partial charge in [0, 0.05) is 18.5 Å². The van der Waals surface area contributed by atoms with Gasteiger partial charge in [-0.25, -0.2) is 19.7 Å². The second-order valence-corrected chi connectivity index (χ2v) is 3.97. The minimum atomic E-state index is -1.19. The molecule has 0 atom stereocenters. The van der Waals surface area contributed by atoms with Crippen molar-refractivity contribution in [2.45, 2.75) is 6.92 Å². The zero-order valence-corrected chi connectivity index (χ0v) is 9.99. The molecule has 0 amide bonds. The van der Waals surface area contributed by atoms with E-state index >= 15 is 0 Å². The standard InChI is InChI=1S/C13H9N3O3/c1-7-15-10(11(19-7)13(17)18)12-14-6-8-4-2-3-5-9(8)16-12/h2-6H,1H3,(H,17,18). The topological polar surface area (TPSA) is 89.1 Å². The Morgan fingerprint density at radius 2 is 2.05 bits per heavy atom. The number of rotatable bonds is 2. The van der Waals surface area contributed by atoms with Crippen molar-refractivity contribution in [3.05, 3.63) is 42.1 Å². The Kier molecular flexibility index (Phi) is 2.49. The van der Waals surface area contributed by atoms with Gasteiger partial charge in [-0.1, -0.05) is 18.2 Å². The van der Waals surface area contributed by atoms with Crippen LogP contribution < -0.4 is 0 Å². The number of hydrogen-bond donors (Lipinski definition) is 1. The first kappa shape index (κ1) is 11.3. The maximum Gasteiger partial charge on any atom is 0.374 e. The van der Waals surface area contributed by atoms with Gasteiger partial charge in [0.15, 0.2) is 17.4 Å². The zero-order chi connectivity index (χ0) is 13.4. The summed E-state index contributed by atoms with van der Waals surface area (Å²) in [5, 5.41) is 9.94. The highest BCUT2D eigenvalue weighted by Gasteiger charge is 2.21. The molecular formula is C13H9N3O3. The first-order valence-electron chi connectivity index (χ1n) is 5.58. The van der Waals surface area contributed by atoms with Crippen molar-refractivity contribution in [1.29, 1.82) is 0 Å². The van der Waals surface area contributed by atoms with E-state index in [4.69, 9.17) is 9.52 Å². The lowest BCUT2D eigenvalue weighted by Gasteiger charge is -1.99. The van der Waals surface area contributed by atoms with Crippen molar-refractivity contribution in [1.82, 2.24) is 15.0 Å². The first-order chi connectivity index (χ1) is 9.15. The monoisotopic (exact) mass is 255 g/mol. The molecule has 3 aromatic rings. The third-order valence-corrected chi connectivity index (χ3v) is 2.63. The van der Waals surface area contributed by atoms with Crippen LogP contribution in [-0.2, 0) is 0 Å². The molecule has 0 saturated heterocycles. The fraction of sp³-hybridized carbons (Fsp3) is 0.0769. The molecule has 6 nitrogen and oxygen atoms in total. The number of hydrogen-bond acceptors (Lipinski definition) is 5. The summed E-state index contributed by atoms with van der Waals surface area (Å²) in [5.74, 6) is -0.919. The predicted molar refractivity (Wildman–Crippen MR) is 66.7 cm³/mol. The fourth-order valence-electron chi connectivity index (χ4n) is 1.81. The average Bonchev–Trinajstić information content (AvgIpc) is 2.80. The van der Waals surface area contributed by atoms with Gasteiger partial charge in [0.1, 0.15) is 0 Å². The lowest BCUT2D eigenvalue weighted by Crippen LogP contribution is -1.99. The zero-order valence-electron chi connectivity index (χ0n) is 9.99. The van der Waals surface area contributed by atoms with Gasteiger partial charge < -0.3 is 9.52 Å². The van der Waals surface area contributed by atoms with Crippen LogP contribution in [0.15, 0.2) is 34.9 Å². The number of nitrogens with zero attached hydrogens (tertiary/aromatic N) is 3. The Morgan fingerprint density at radius 3 is 2.84 bits per heavy atom. The number of aromatic carboxylic acids is 1. The molecule has 0 fully saturated rings. The van der Waals surface area contributed by atoms with Gasteiger partial charge in [-0.15, -0.1) is 0 Å². The number of carbonyl (C=O) groups is 1. The average molecular weight is 255 g/mol. The van der Waals surface area contributed by atoms with Crippen LogP contribution in [-0.4, -0.2) is 26.0 Å². The van der Waals surface area contributed by atoms with Crippen LogP contribution in [0.5, 0.6) is 0 Å². The normalized spacial score (nSPS) is 10.8. The summed E-state index contributed by atoms with van der Waals surface area (Å²) in [6, 6.07) is 7.44. The summed E-state index contributed by atoms with van der Waals surface area (Å²) < 4.78 is 5.05. The fourth-order valence-corrected chi connectivity index (χ4v) is 1.81. The van der Waals surface area contributed by atoms with E-state index in [1.807, 2.05) is 24.3 Å². The number of aromatic nitrogens is 3. The highest BCUT2D eigenvalue weighted by Crippen LogP contribution is 2.22. The minimum Gasteiger partial charge on any atom is -0.475 e. The van der Waals surface area contributed by atoms with Crippen LogP contribution in [0.4, 0.5) is 0 Å². The molecule has 0 saturated carbocycles. The van der Waals surface area contributed by atoms with Crippen molar-refractivity contribution in [3.63, 3.8) is 0 Å². The predicted octanol–water partition coefficient (Wildman–Crippen LogP) is 2.29. The Hall–Kier alpha value is -2.76. The van der Waals surface area contributed by atoms with Crippen molar-refractivity contribution in [2.24, 2.45) is 0 Å². The van der Waals surface area contributed by atoms with Crippen molar-refractivity contribution in [2.75, 3.05) is 0 Å². The molecule has 94 valence electrons. The third-order valence-electron chi connectivity index (χ3n) is 2.63. The Bertz CT molecular complexity index is 780. The molecule has 0 unspecified atom stereocenters. The van der Waals surface area contributed by atoms with E-state index < -0.39 is 5.97 Å². The quantitative estimate of drug-likeness (QED) is 0.755. The minimum absolute atomic E-state index is 0.149. The molecule has 6 heteroatoms. The van der Waals surface area contributed by atoms with Gasteiger partial charge in [0.05, 0.1) is 5.52 Å². The van der Waals surface area contributed by atoms with Gasteiger partial charge in [-0.3, -0.25) is 0 Å². The number of carboxylic acids is 1. The summed E-state index contributed by atoms with van der Waals surface area (Å²) in [6.45, 7) is 1.58. The maximum absolute atomic E-state index is 11.1. The second kappa shape index (κ2) is 4.16. The number of oxazole rings is 1.